The molecule has 0 N–H and O–H groups in total. The number of hydrogen-bond donors (Lipinski definition) is 0. The number of hydrogen-bond acceptors (Lipinski definition) is 1. The van der Waals surface area contributed by atoms with Gasteiger partial charge in [0.2, 0.25) is 0 Å². The van der Waals surface area contributed by atoms with E-state index < -0.39 is 0 Å². The van der Waals surface area contributed by atoms with Crippen LogP contribution in [0.15, 0.2) is 29.8 Å². The first kappa shape index (κ1) is 14.3. The van der Waals surface area contributed by atoms with Crippen LogP contribution in [0, 0.1) is 11.3 Å². The molecule has 0 aliphatic heterocycles. The molecule has 19 heavy (non-hydrogen) atoms. The fourth-order valence-electron chi connectivity index (χ4n) is 2.69. The molecule has 1 aromatic rings. The molecular weight excluding hydrogens is 256 g/mol. The molecule has 1 aromatic carbocycles. The van der Waals surface area contributed by atoms with E-state index in [1.165, 1.54) is 0 Å². The molecule has 1 aliphatic rings. The number of allylic oxidation sites excluding steroid dienone is 1. The van der Waals surface area contributed by atoms with Crippen LogP contribution in [0.2, 0.25) is 5.02 Å². The van der Waals surface area contributed by atoms with Crippen molar-refractivity contribution in [2.24, 2.45) is 11.3 Å². The maximum Gasteiger partial charge on any atom is 0.164 e. The van der Waals surface area contributed by atoms with Crippen molar-refractivity contribution in [3.63, 3.8) is 0 Å². The predicted octanol–water partition coefficient (Wildman–Crippen LogP) is 5.14. The SMILES string of the molecule is CC(C)C1(C)CCCC(=Cc2ccc(Cl)cc2)C1=O. The summed E-state index contributed by atoms with van der Waals surface area (Å²) in [7, 11) is 0. The lowest BCUT2D eigenvalue weighted by molar-refractivity contribution is -0.128. The van der Waals surface area contributed by atoms with Crippen LogP contribution >= 0.6 is 11.6 Å². The second kappa shape index (κ2) is 5.50. The van der Waals surface area contributed by atoms with E-state index in [0.29, 0.717) is 11.7 Å². The molecule has 102 valence electrons. The highest BCUT2D eigenvalue weighted by Crippen LogP contribution is 2.41. The maximum atomic E-state index is 12.7. The Morgan fingerprint density at radius 3 is 2.47 bits per heavy atom. The Labute approximate surface area is 120 Å². The van der Waals surface area contributed by atoms with Crippen LogP contribution in [0.5, 0.6) is 0 Å². The van der Waals surface area contributed by atoms with Gasteiger partial charge in [-0.05, 0) is 54.5 Å². The smallest absolute Gasteiger partial charge is 0.164 e. The predicted molar refractivity (Wildman–Crippen MR) is 81.2 cm³/mol. The quantitative estimate of drug-likeness (QED) is 0.684. The summed E-state index contributed by atoms with van der Waals surface area (Å²) in [5, 5.41) is 0.726. The molecule has 2 rings (SSSR count). The first-order valence-corrected chi connectivity index (χ1v) is 7.32. The monoisotopic (exact) mass is 276 g/mol. The lowest BCUT2D eigenvalue weighted by Gasteiger charge is -2.37. The van der Waals surface area contributed by atoms with Gasteiger partial charge in [-0.2, -0.15) is 0 Å². The van der Waals surface area contributed by atoms with Crippen molar-refractivity contribution >= 4 is 23.5 Å². The lowest BCUT2D eigenvalue weighted by Crippen LogP contribution is -2.37. The third kappa shape index (κ3) is 2.92. The summed E-state index contributed by atoms with van der Waals surface area (Å²) >= 11 is 5.88. The Hall–Kier alpha value is -1.08. The van der Waals surface area contributed by atoms with E-state index in [0.717, 1.165) is 35.4 Å². The summed E-state index contributed by atoms with van der Waals surface area (Å²) in [5.74, 6) is 0.706. The zero-order chi connectivity index (χ0) is 14.0. The van der Waals surface area contributed by atoms with Gasteiger partial charge in [0.1, 0.15) is 0 Å². The van der Waals surface area contributed by atoms with Crippen LogP contribution in [0.1, 0.15) is 45.6 Å². The molecule has 1 atom stereocenters. The highest BCUT2D eigenvalue weighted by molar-refractivity contribution is 6.30. The van der Waals surface area contributed by atoms with Crippen LogP contribution < -0.4 is 0 Å². The summed E-state index contributed by atoms with van der Waals surface area (Å²) in [4.78, 5) is 12.7. The van der Waals surface area contributed by atoms with Crippen molar-refractivity contribution in [3.05, 3.63) is 40.4 Å². The summed E-state index contributed by atoms with van der Waals surface area (Å²) in [5.41, 5.74) is 1.82. The highest BCUT2D eigenvalue weighted by atomic mass is 35.5. The van der Waals surface area contributed by atoms with Crippen LogP contribution in [0.4, 0.5) is 0 Å². The molecule has 0 heterocycles. The van der Waals surface area contributed by atoms with Gasteiger partial charge in [0.05, 0.1) is 0 Å². The fourth-order valence-corrected chi connectivity index (χ4v) is 2.81. The molecule has 1 fully saturated rings. The number of halogens is 1. The molecule has 0 radical (unpaired) electrons. The number of ketones is 1. The van der Waals surface area contributed by atoms with E-state index in [-0.39, 0.29) is 5.41 Å². The Morgan fingerprint density at radius 1 is 1.26 bits per heavy atom. The van der Waals surface area contributed by atoms with Crippen LogP contribution in [-0.4, -0.2) is 5.78 Å². The van der Waals surface area contributed by atoms with Gasteiger partial charge >= 0.3 is 0 Å². The number of benzene rings is 1. The Kier molecular flexibility index (Phi) is 4.15. The molecule has 1 aliphatic carbocycles. The Balaban J connectivity index is 2.29. The van der Waals surface area contributed by atoms with Crippen molar-refractivity contribution in [2.75, 3.05) is 0 Å². The fraction of sp³-hybridized carbons (Fsp3) is 0.471. The van der Waals surface area contributed by atoms with Gasteiger partial charge in [0.25, 0.3) is 0 Å². The first-order chi connectivity index (χ1) is 8.93. The van der Waals surface area contributed by atoms with Gasteiger partial charge in [-0.15, -0.1) is 0 Å². The standard InChI is InChI=1S/C17H21ClO/c1-12(2)17(3)10-4-5-14(16(17)19)11-13-6-8-15(18)9-7-13/h6-9,11-12H,4-5,10H2,1-3H3. The van der Waals surface area contributed by atoms with Crippen molar-refractivity contribution in [2.45, 2.75) is 40.0 Å². The zero-order valence-corrected chi connectivity index (χ0v) is 12.6. The maximum absolute atomic E-state index is 12.7. The van der Waals surface area contributed by atoms with Crippen molar-refractivity contribution < 1.29 is 4.79 Å². The molecule has 0 bridgehead atoms. The average molecular weight is 277 g/mol. The minimum Gasteiger partial charge on any atom is -0.294 e. The van der Waals surface area contributed by atoms with Gasteiger partial charge in [-0.1, -0.05) is 44.5 Å². The van der Waals surface area contributed by atoms with E-state index in [1.807, 2.05) is 30.3 Å². The second-order valence-electron chi connectivity index (χ2n) is 5.98. The van der Waals surface area contributed by atoms with Crippen molar-refractivity contribution in [1.29, 1.82) is 0 Å². The Morgan fingerprint density at radius 2 is 1.89 bits per heavy atom. The van der Waals surface area contributed by atoms with E-state index >= 15 is 0 Å². The van der Waals surface area contributed by atoms with Crippen LogP contribution in [0.3, 0.4) is 0 Å². The number of rotatable bonds is 2. The van der Waals surface area contributed by atoms with Crippen molar-refractivity contribution in [1.82, 2.24) is 0 Å². The molecule has 1 nitrogen and oxygen atoms in total. The number of Topliss-reactive ketones (excluding diaryl/α,β-unsaturated/α-hetero) is 1. The van der Waals surface area contributed by atoms with Gasteiger partial charge < -0.3 is 0 Å². The van der Waals surface area contributed by atoms with E-state index in [9.17, 15) is 4.79 Å². The van der Waals surface area contributed by atoms with Crippen molar-refractivity contribution in [3.8, 4) is 0 Å². The third-order valence-corrected chi connectivity index (χ3v) is 4.69. The normalized spacial score (nSPS) is 26.2. The molecule has 0 aromatic heterocycles. The van der Waals surface area contributed by atoms with E-state index in [2.05, 4.69) is 20.8 Å². The third-order valence-electron chi connectivity index (χ3n) is 4.44. The number of carbonyl (C=O) groups is 1. The van der Waals surface area contributed by atoms with E-state index in [4.69, 9.17) is 11.6 Å². The first-order valence-electron chi connectivity index (χ1n) is 6.94. The number of carbonyl (C=O) groups excluding carboxylic acids is 1. The zero-order valence-electron chi connectivity index (χ0n) is 11.9. The van der Waals surface area contributed by atoms with Gasteiger partial charge in [-0.3, -0.25) is 4.79 Å². The minimum absolute atomic E-state index is 0.198. The molecule has 1 unspecified atom stereocenters. The summed E-state index contributed by atoms with van der Waals surface area (Å²) in [6, 6.07) is 7.65. The Bertz CT molecular complexity index is 498. The van der Waals surface area contributed by atoms with Gasteiger partial charge in [-0.25, -0.2) is 0 Å². The summed E-state index contributed by atoms with van der Waals surface area (Å²) in [6.07, 6.45) is 5.02. The molecule has 0 saturated heterocycles. The van der Waals surface area contributed by atoms with Gasteiger partial charge in [0.15, 0.2) is 5.78 Å². The molecule has 2 heteroatoms. The topological polar surface area (TPSA) is 17.1 Å². The molecular formula is C17H21ClO. The highest BCUT2D eigenvalue weighted by Gasteiger charge is 2.40. The van der Waals surface area contributed by atoms with Crippen LogP contribution in [0.25, 0.3) is 6.08 Å². The lowest BCUT2D eigenvalue weighted by atomic mass is 9.66. The molecule has 0 spiro atoms. The minimum atomic E-state index is -0.198. The molecule has 0 amide bonds. The second-order valence-corrected chi connectivity index (χ2v) is 6.41. The summed E-state index contributed by atoms with van der Waals surface area (Å²) in [6.45, 7) is 6.39. The van der Waals surface area contributed by atoms with Crippen LogP contribution in [-0.2, 0) is 4.79 Å². The van der Waals surface area contributed by atoms with E-state index in [1.54, 1.807) is 0 Å². The van der Waals surface area contributed by atoms with Gasteiger partial charge in [0, 0.05) is 10.4 Å². The average Bonchev–Trinajstić information content (AvgIpc) is 2.37. The summed E-state index contributed by atoms with van der Waals surface area (Å²) < 4.78 is 0. The molecule has 1 saturated carbocycles. The largest absolute Gasteiger partial charge is 0.294 e.